The second kappa shape index (κ2) is 5.38. The lowest BCUT2D eigenvalue weighted by Gasteiger charge is -2.08. The highest BCUT2D eigenvalue weighted by Gasteiger charge is 2.07. The molecule has 0 aliphatic carbocycles. The lowest BCUT2D eigenvalue weighted by Crippen LogP contribution is -1.99. The van der Waals surface area contributed by atoms with Gasteiger partial charge in [-0.25, -0.2) is 4.39 Å². The van der Waals surface area contributed by atoms with Crippen LogP contribution >= 0.6 is 0 Å². The van der Waals surface area contributed by atoms with E-state index in [1.54, 1.807) is 13.0 Å². The van der Waals surface area contributed by atoms with Gasteiger partial charge in [-0.15, -0.1) is 12.3 Å². The number of hydrogen-bond acceptors (Lipinski definition) is 2. The van der Waals surface area contributed by atoms with Crippen molar-refractivity contribution in [3.8, 4) is 18.1 Å². The van der Waals surface area contributed by atoms with Gasteiger partial charge in [0.05, 0.1) is 12.7 Å². The Morgan fingerprint density at radius 2 is 2.33 bits per heavy atom. The van der Waals surface area contributed by atoms with Gasteiger partial charge in [0.15, 0.2) is 11.6 Å². The third-order valence-electron chi connectivity index (χ3n) is 1.94. The zero-order valence-corrected chi connectivity index (χ0v) is 8.53. The molecule has 1 N–H and O–H groups in total. The summed E-state index contributed by atoms with van der Waals surface area (Å²) < 4.78 is 18.5. The minimum Gasteiger partial charge on any atom is -0.490 e. The van der Waals surface area contributed by atoms with Gasteiger partial charge in [0.2, 0.25) is 0 Å². The Morgan fingerprint density at radius 3 is 2.87 bits per heavy atom. The van der Waals surface area contributed by atoms with E-state index in [0.29, 0.717) is 18.6 Å². The van der Waals surface area contributed by atoms with Crippen molar-refractivity contribution in [2.45, 2.75) is 19.4 Å². The summed E-state index contributed by atoms with van der Waals surface area (Å²) in [4.78, 5) is 0. The van der Waals surface area contributed by atoms with E-state index >= 15 is 0 Å². The SMILES string of the molecule is C#CCCOc1ccc([C@H](C)O)cc1F. The van der Waals surface area contributed by atoms with Crippen molar-refractivity contribution in [2.24, 2.45) is 0 Å². The van der Waals surface area contributed by atoms with Crippen LogP contribution in [-0.4, -0.2) is 11.7 Å². The minimum absolute atomic E-state index is 0.162. The van der Waals surface area contributed by atoms with Crippen molar-refractivity contribution in [2.75, 3.05) is 6.61 Å². The average Bonchev–Trinajstić information content (AvgIpc) is 2.20. The molecule has 0 unspecified atom stereocenters. The predicted octanol–water partition coefficient (Wildman–Crippen LogP) is 2.28. The Balaban J connectivity index is 2.71. The van der Waals surface area contributed by atoms with Gasteiger partial charge in [-0.3, -0.25) is 0 Å². The molecule has 0 aliphatic heterocycles. The Labute approximate surface area is 88.7 Å². The summed E-state index contributed by atoms with van der Waals surface area (Å²) in [6, 6.07) is 4.38. The van der Waals surface area contributed by atoms with E-state index in [1.807, 2.05) is 0 Å². The standard InChI is InChI=1S/C12H13FO2/c1-3-4-7-15-12-6-5-10(9(2)14)8-11(12)13/h1,5-6,8-9,14H,4,7H2,2H3/t9-/m0/s1. The first kappa shape index (κ1) is 11.5. The van der Waals surface area contributed by atoms with Crippen LogP contribution in [0.25, 0.3) is 0 Å². The van der Waals surface area contributed by atoms with Crippen LogP contribution in [0.15, 0.2) is 18.2 Å². The highest BCUT2D eigenvalue weighted by atomic mass is 19.1. The number of benzene rings is 1. The number of terminal acetylenes is 1. The van der Waals surface area contributed by atoms with Crippen molar-refractivity contribution >= 4 is 0 Å². The number of halogens is 1. The molecule has 3 heteroatoms. The van der Waals surface area contributed by atoms with Crippen LogP contribution in [0.2, 0.25) is 0 Å². The smallest absolute Gasteiger partial charge is 0.165 e. The fourth-order valence-electron chi connectivity index (χ4n) is 1.11. The third-order valence-corrected chi connectivity index (χ3v) is 1.94. The Kier molecular flexibility index (Phi) is 4.14. The Hall–Kier alpha value is -1.53. The van der Waals surface area contributed by atoms with Crippen LogP contribution in [0.5, 0.6) is 5.75 Å². The molecule has 1 atom stereocenters. The van der Waals surface area contributed by atoms with Crippen LogP contribution in [0.1, 0.15) is 25.0 Å². The Morgan fingerprint density at radius 1 is 1.60 bits per heavy atom. The van der Waals surface area contributed by atoms with E-state index in [0.717, 1.165) is 0 Å². The highest BCUT2D eigenvalue weighted by Crippen LogP contribution is 2.21. The molecule has 0 heterocycles. The predicted molar refractivity (Wildman–Crippen MR) is 56.0 cm³/mol. The molecule has 80 valence electrons. The van der Waals surface area contributed by atoms with Crippen LogP contribution in [0.3, 0.4) is 0 Å². The molecule has 0 aromatic heterocycles. The average molecular weight is 208 g/mol. The second-order valence-corrected chi connectivity index (χ2v) is 3.17. The Bertz CT molecular complexity index is 366. The maximum Gasteiger partial charge on any atom is 0.165 e. The van der Waals surface area contributed by atoms with E-state index in [-0.39, 0.29) is 5.75 Å². The largest absolute Gasteiger partial charge is 0.490 e. The number of aliphatic hydroxyl groups excluding tert-OH is 1. The van der Waals surface area contributed by atoms with Crippen molar-refractivity contribution in [3.63, 3.8) is 0 Å². The number of rotatable bonds is 4. The normalized spacial score (nSPS) is 11.9. The quantitative estimate of drug-likeness (QED) is 0.607. The molecular formula is C12H13FO2. The van der Waals surface area contributed by atoms with Gasteiger partial charge in [0, 0.05) is 6.42 Å². The summed E-state index contributed by atoms with van der Waals surface area (Å²) in [6.45, 7) is 1.87. The van der Waals surface area contributed by atoms with E-state index < -0.39 is 11.9 Å². The molecule has 1 aromatic carbocycles. The molecule has 0 amide bonds. The topological polar surface area (TPSA) is 29.5 Å². The fourth-order valence-corrected chi connectivity index (χ4v) is 1.11. The molecule has 0 spiro atoms. The fraction of sp³-hybridized carbons (Fsp3) is 0.333. The molecule has 15 heavy (non-hydrogen) atoms. The van der Waals surface area contributed by atoms with E-state index in [2.05, 4.69) is 5.92 Å². The monoisotopic (exact) mass is 208 g/mol. The molecule has 0 saturated carbocycles. The third kappa shape index (κ3) is 3.26. The first-order chi connectivity index (χ1) is 7.15. The van der Waals surface area contributed by atoms with Crippen molar-refractivity contribution in [1.29, 1.82) is 0 Å². The molecule has 1 aromatic rings. The van der Waals surface area contributed by atoms with Gasteiger partial charge in [-0.1, -0.05) is 6.07 Å². The van der Waals surface area contributed by atoms with Gasteiger partial charge in [0.1, 0.15) is 0 Å². The molecule has 0 fully saturated rings. The first-order valence-corrected chi connectivity index (χ1v) is 4.69. The molecule has 1 rings (SSSR count). The summed E-state index contributed by atoms with van der Waals surface area (Å²) >= 11 is 0. The van der Waals surface area contributed by atoms with E-state index in [9.17, 15) is 9.50 Å². The molecule has 0 saturated heterocycles. The van der Waals surface area contributed by atoms with Crippen LogP contribution in [0.4, 0.5) is 4.39 Å². The number of aliphatic hydroxyl groups is 1. The highest BCUT2D eigenvalue weighted by molar-refractivity contribution is 5.30. The van der Waals surface area contributed by atoms with E-state index in [4.69, 9.17) is 11.2 Å². The summed E-state index contributed by atoms with van der Waals surface area (Å²) in [6.07, 6.45) is 4.80. The van der Waals surface area contributed by atoms with Crippen molar-refractivity contribution in [3.05, 3.63) is 29.6 Å². The lowest BCUT2D eigenvalue weighted by molar-refractivity contribution is 0.198. The first-order valence-electron chi connectivity index (χ1n) is 4.69. The number of ether oxygens (including phenoxy) is 1. The van der Waals surface area contributed by atoms with Gasteiger partial charge in [0.25, 0.3) is 0 Å². The zero-order valence-electron chi connectivity index (χ0n) is 8.53. The summed E-state index contributed by atoms with van der Waals surface area (Å²) in [7, 11) is 0. The van der Waals surface area contributed by atoms with Gasteiger partial charge < -0.3 is 9.84 Å². The van der Waals surface area contributed by atoms with Crippen molar-refractivity contribution in [1.82, 2.24) is 0 Å². The van der Waals surface area contributed by atoms with Gasteiger partial charge in [-0.05, 0) is 24.6 Å². The van der Waals surface area contributed by atoms with Crippen molar-refractivity contribution < 1.29 is 14.2 Å². The second-order valence-electron chi connectivity index (χ2n) is 3.17. The maximum atomic E-state index is 13.3. The molecular weight excluding hydrogens is 195 g/mol. The maximum absolute atomic E-state index is 13.3. The zero-order chi connectivity index (χ0) is 11.3. The summed E-state index contributed by atoms with van der Waals surface area (Å²) in [5.41, 5.74) is 0.525. The lowest BCUT2D eigenvalue weighted by atomic mass is 10.1. The summed E-state index contributed by atoms with van der Waals surface area (Å²) in [5.74, 6) is 2.08. The van der Waals surface area contributed by atoms with Crippen LogP contribution in [0, 0.1) is 18.2 Å². The molecule has 2 nitrogen and oxygen atoms in total. The molecule has 0 radical (unpaired) electrons. The van der Waals surface area contributed by atoms with Gasteiger partial charge >= 0.3 is 0 Å². The minimum atomic E-state index is -0.681. The van der Waals surface area contributed by atoms with Gasteiger partial charge in [-0.2, -0.15) is 0 Å². The van der Waals surface area contributed by atoms with E-state index in [1.165, 1.54) is 12.1 Å². The van der Waals surface area contributed by atoms with Crippen LogP contribution in [-0.2, 0) is 0 Å². The molecule has 0 aliphatic rings. The van der Waals surface area contributed by atoms with Crippen LogP contribution < -0.4 is 4.74 Å². The molecule has 0 bridgehead atoms. The number of hydrogen-bond donors (Lipinski definition) is 1. The summed E-state index contributed by atoms with van der Waals surface area (Å²) in [5, 5.41) is 9.22.